The first kappa shape index (κ1) is 15.2. The van der Waals surface area contributed by atoms with Crippen LogP contribution in [0.1, 0.15) is 66.7 Å². The number of hydrogen-bond acceptors (Lipinski definition) is 3. The van der Waals surface area contributed by atoms with E-state index in [-0.39, 0.29) is 17.4 Å². The third kappa shape index (κ3) is 2.40. The van der Waals surface area contributed by atoms with Gasteiger partial charge in [-0.25, -0.2) is 0 Å². The molecule has 1 saturated carbocycles. The zero-order valence-corrected chi connectivity index (χ0v) is 14.1. The molecule has 3 aliphatic rings. The summed E-state index contributed by atoms with van der Waals surface area (Å²) in [4.78, 5) is 15.2. The van der Waals surface area contributed by atoms with Crippen molar-refractivity contribution in [3.63, 3.8) is 0 Å². The van der Waals surface area contributed by atoms with Gasteiger partial charge >= 0.3 is 0 Å². The van der Waals surface area contributed by atoms with E-state index in [1.165, 1.54) is 12.0 Å². The number of carbonyl (C=O) groups excluding carboxylic acids is 1. The quantitative estimate of drug-likeness (QED) is 0.862. The highest BCUT2D eigenvalue weighted by molar-refractivity contribution is 5.94. The Labute approximate surface area is 137 Å². The molecule has 1 N–H and O–H groups in total. The first-order valence-electron chi connectivity index (χ1n) is 9.13. The van der Waals surface area contributed by atoms with Crippen LogP contribution in [0.4, 0.5) is 0 Å². The number of rotatable bonds is 1. The van der Waals surface area contributed by atoms with E-state index in [2.05, 4.69) is 5.10 Å². The summed E-state index contributed by atoms with van der Waals surface area (Å²) >= 11 is 0. The maximum atomic E-state index is 13.2. The fourth-order valence-corrected chi connectivity index (χ4v) is 5.03. The van der Waals surface area contributed by atoms with E-state index in [9.17, 15) is 9.90 Å². The average molecular weight is 317 g/mol. The molecule has 1 aliphatic heterocycles. The van der Waals surface area contributed by atoms with E-state index in [0.29, 0.717) is 6.54 Å². The van der Waals surface area contributed by atoms with E-state index >= 15 is 0 Å². The largest absolute Gasteiger partial charge is 0.392 e. The monoisotopic (exact) mass is 317 g/mol. The second-order valence-electron chi connectivity index (χ2n) is 7.71. The minimum atomic E-state index is -0.237. The molecule has 0 unspecified atom stereocenters. The van der Waals surface area contributed by atoms with Gasteiger partial charge in [0.25, 0.3) is 5.91 Å². The van der Waals surface area contributed by atoms with E-state index in [1.807, 2.05) is 11.9 Å². The Morgan fingerprint density at radius 2 is 2.00 bits per heavy atom. The molecular weight excluding hydrogens is 290 g/mol. The molecule has 1 spiro atoms. The molecule has 0 radical (unpaired) electrons. The average Bonchev–Trinajstić information content (AvgIpc) is 3.06. The van der Waals surface area contributed by atoms with Crippen LogP contribution in [0.25, 0.3) is 0 Å². The van der Waals surface area contributed by atoms with Crippen LogP contribution >= 0.6 is 0 Å². The minimum Gasteiger partial charge on any atom is -0.392 e. The number of hydrogen-bond donors (Lipinski definition) is 1. The Bertz CT molecular complexity index is 624. The van der Waals surface area contributed by atoms with Crippen molar-refractivity contribution in [2.75, 3.05) is 13.1 Å². The fraction of sp³-hybridized carbons (Fsp3) is 0.778. The third-order valence-electron chi connectivity index (χ3n) is 6.28. The second kappa shape index (κ2) is 5.62. The van der Waals surface area contributed by atoms with Crippen LogP contribution in [0.5, 0.6) is 0 Å². The van der Waals surface area contributed by atoms with Crippen molar-refractivity contribution in [2.45, 2.75) is 63.9 Å². The first-order chi connectivity index (χ1) is 11.1. The molecule has 2 atom stereocenters. The summed E-state index contributed by atoms with van der Waals surface area (Å²) in [6, 6.07) is 0. The first-order valence-corrected chi connectivity index (χ1v) is 9.13. The van der Waals surface area contributed by atoms with E-state index in [0.717, 1.165) is 69.3 Å². The molecule has 5 nitrogen and oxygen atoms in total. The zero-order valence-electron chi connectivity index (χ0n) is 14.1. The molecule has 5 heteroatoms. The SMILES string of the molecule is Cn1nc2c(c1C(=O)N1CCC[C@]3(CCC[C@H]3O)C1)CCCC2. The molecule has 2 fully saturated rings. The summed E-state index contributed by atoms with van der Waals surface area (Å²) in [5, 5.41) is 15.0. The summed E-state index contributed by atoms with van der Waals surface area (Å²) in [6.07, 6.45) is 9.17. The van der Waals surface area contributed by atoms with Gasteiger partial charge in [0.15, 0.2) is 0 Å². The smallest absolute Gasteiger partial charge is 0.272 e. The van der Waals surface area contributed by atoms with Crippen molar-refractivity contribution in [1.82, 2.24) is 14.7 Å². The lowest BCUT2D eigenvalue weighted by Gasteiger charge is -2.42. The van der Waals surface area contributed by atoms with Crippen LogP contribution in [0.15, 0.2) is 0 Å². The van der Waals surface area contributed by atoms with Gasteiger partial charge in [-0.15, -0.1) is 0 Å². The van der Waals surface area contributed by atoms with Crippen LogP contribution in [0.3, 0.4) is 0 Å². The van der Waals surface area contributed by atoms with E-state index < -0.39 is 0 Å². The maximum absolute atomic E-state index is 13.2. The molecule has 0 aromatic carbocycles. The number of aromatic nitrogens is 2. The Hall–Kier alpha value is -1.36. The molecule has 1 amide bonds. The van der Waals surface area contributed by atoms with Crippen molar-refractivity contribution >= 4 is 5.91 Å². The minimum absolute atomic E-state index is 0.0490. The Kier molecular flexibility index (Phi) is 3.71. The highest BCUT2D eigenvalue weighted by Crippen LogP contribution is 2.45. The summed E-state index contributed by atoms with van der Waals surface area (Å²) < 4.78 is 1.80. The summed E-state index contributed by atoms with van der Waals surface area (Å²) in [5.74, 6) is 0.126. The van der Waals surface area contributed by atoms with Gasteiger partial charge in [-0.2, -0.15) is 5.10 Å². The molecule has 1 aromatic rings. The Morgan fingerprint density at radius 1 is 1.22 bits per heavy atom. The lowest BCUT2D eigenvalue weighted by atomic mass is 9.76. The van der Waals surface area contributed by atoms with Gasteiger partial charge < -0.3 is 10.0 Å². The number of aliphatic hydroxyl groups excluding tert-OH is 1. The predicted molar refractivity (Wildman–Crippen MR) is 87.3 cm³/mol. The number of piperidine rings is 1. The molecule has 2 aliphatic carbocycles. The highest BCUT2D eigenvalue weighted by atomic mass is 16.3. The molecule has 0 bridgehead atoms. The van der Waals surface area contributed by atoms with Gasteiger partial charge in [0, 0.05) is 31.1 Å². The van der Waals surface area contributed by atoms with Crippen molar-refractivity contribution in [1.29, 1.82) is 0 Å². The lowest BCUT2D eigenvalue weighted by molar-refractivity contribution is -0.00574. The number of aliphatic hydroxyl groups is 1. The number of aryl methyl sites for hydroxylation is 2. The predicted octanol–water partition coefficient (Wildman–Crippen LogP) is 2.07. The summed E-state index contributed by atoms with van der Waals surface area (Å²) in [7, 11) is 1.90. The van der Waals surface area contributed by atoms with Gasteiger partial charge in [-0.1, -0.05) is 6.42 Å². The van der Waals surface area contributed by atoms with Crippen LogP contribution in [-0.2, 0) is 19.9 Å². The maximum Gasteiger partial charge on any atom is 0.272 e. The number of carbonyl (C=O) groups is 1. The van der Waals surface area contributed by atoms with Crippen LogP contribution < -0.4 is 0 Å². The van der Waals surface area contributed by atoms with Gasteiger partial charge in [0.1, 0.15) is 5.69 Å². The van der Waals surface area contributed by atoms with Crippen molar-refractivity contribution < 1.29 is 9.90 Å². The lowest BCUT2D eigenvalue weighted by Crippen LogP contribution is -2.49. The molecule has 23 heavy (non-hydrogen) atoms. The summed E-state index contributed by atoms with van der Waals surface area (Å²) in [6.45, 7) is 1.53. The molecule has 2 heterocycles. The molecular formula is C18H27N3O2. The van der Waals surface area contributed by atoms with Crippen molar-refractivity contribution in [2.24, 2.45) is 12.5 Å². The van der Waals surface area contributed by atoms with Crippen LogP contribution in [-0.4, -0.2) is 44.9 Å². The topological polar surface area (TPSA) is 58.4 Å². The van der Waals surface area contributed by atoms with Crippen LogP contribution in [0, 0.1) is 5.41 Å². The fourth-order valence-electron chi connectivity index (χ4n) is 5.03. The highest BCUT2D eigenvalue weighted by Gasteiger charge is 2.46. The van der Waals surface area contributed by atoms with E-state index in [4.69, 9.17) is 0 Å². The van der Waals surface area contributed by atoms with Gasteiger partial charge in [0.2, 0.25) is 0 Å². The molecule has 1 aromatic heterocycles. The number of likely N-dealkylation sites (tertiary alicyclic amines) is 1. The molecule has 1 saturated heterocycles. The van der Waals surface area contributed by atoms with Crippen molar-refractivity contribution in [3.05, 3.63) is 17.0 Å². The van der Waals surface area contributed by atoms with Gasteiger partial charge in [-0.3, -0.25) is 9.48 Å². The third-order valence-corrected chi connectivity index (χ3v) is 6.28. The zero-order chi connectivity index (χ0) is 16.0. The van der Waals surface area contributed by atoms with Crippen LogP contribution in [0.2, 0.25) is 0 Å². The standard InChI is InChI=1S/C18H27N3O2/c1-20-16(13-6-2-3-7-14(13)19-20)17(23)21-11-5-10-18(12-21)9-4-8-15(18)22/h15,22H,2-12H2,1H3/t15-,18-/m1/s1. The number of amides is 1. The van der Waals surface area contributed by atoms with Gasteiger partial charge in [-0.05, 0) is 51.4 Å². The Morgan fingerprint density at radius 3 is 2.78 bits per heavy atom. The van der Waals surface area contributed by atoms with E-state index in [1.54, 1.807) is 4.68 Å². The van der Waals surface area contributed by atoms with Crippen molar-refractivity contribution in [3.8, 4) is 0 Å². The number of nitrogens with zero attached hydrogens (tertiary/aromatic N) is 3. The number of fused-ring (bicyclic) bond motifs is 1. The Balaban J connectivity index is 1.61. The molecule has 4 rings (SSSR count). The summed E-state index contributed by atoms with van der Waals surface area (Å²) in [5.41, 5.74) is 3.04. The molecule has 126 valence electrons. The second-order valence-corrected chi connectivity index (χ2v) is 7.71. The van der Waals surface area contributed by atoms with Gasteiger partial charge in [0.05, 0.1) is 11.8 Å². The normalized spacial score (nSPS) is 30.7.